The molecular weight excluding hydrogens is 298 g/mol. The molecule has 1 fully saturated rings. The zero-order valence-electron chi connectivity index (χ0n) is 11.8. The normalized spacial score (nSPS) is 18.0. The van der Waals surface area contributed by atoms with Gasteiger partial charge < -0.3 is 9.88 Å². The van der Waals surface area contributed by atoms with Crippen molar-refractivity contribution in [1.29, 1.82) is 0 Å². The van der Waals surface area contributed by atoms with E-state index in [1.807, 2.05) is 29.6 Å². The molecule has 1 atom stereocenters. The Morgan fingerprint density at radius 3 is 3.14 bits per heavy atom. The van der Waals surface area contributed by atoms with Gasteiger partial charge in [-0.05, 0) is 25.0 Å². The number of aromatic nitrogens is 3. The summed E-state index contributed by atoms with van der Waals surface area (Å²) in [6, 6.07) is 7.54. The number of fused-ring (bicyclic) bond motifs is 1. The van der Waals surface area contributed by atoms with Gasteiger partial charge in [-0.15, -0.1) is 11.3 Å². The van der Waals surface area contributed by atoms with Crippen molar-refractivity contribution in [3.05, 3.63) is 35.8 Å². The molecule has 1 unspecified atom stereocenters. The van der Waals surface area contributed by atoms with Crippen molar-refractivity contribution in [2.45, 2.75) is 18.9 Å². The largest absolute Gasteiger partial charge is 0.336 e. The Balaban J connectivity index is 1.53. The number of thiazole rings is 1. The summed E-state index contributed by atoms with van der Waals surface area (Å²) in [5.74, 6) is 0.462. The van der Waals surface area contributed by atoms with Crippen LogP contribution in [0.15, 0.2) is 35.8 Å². The van der Waals surface area contributed by atoms with Crippen molar-refractivity contribution < 1.29 is 4.79 Å². The molecule has 1 aliphatic rings. The maximum atomic E-state index is 12.6. The Bertz CT molecular complexity index is 764. The van der Waals surface area contributed by atoms with E-state index >= 15 is 0 Å². The number of para-hydroxylation sites is 2. The summed E-state index contributed by atoms with van der Waals surface area (Å²) in [5, 5.41) is 5.73. The van der Waals surface area contributed by atoms with Crippen LogP contribution in [0.4, 0.5) is 11.1 Å². The van der Waals surface area contributed by atoms with E-state index in [1.165, 1.54) is 0 Å². The topological polar surface area (TPSA) is 73.9 Å². The van der Waals surface area contributed by atoms with Gasteiger partial charge in [0.25, 0.3) is 0 Å². The summed E-state index contributed by atoms with van der Waals surface area (Å²) in [7, 11) is 0. The fourth-order valence-corrected chi connectivity index (χ4v) is 3.56. The van der Waals surface area contributed by atoms with Gasteiger partial charge in [0, 0.05) is 18.1 Å². The lowest BCUT2D eigenvalue weighted by atomic mass is 10.2. The quantitative estimate of drug-likeness (QED) is 0.779. The molecule has 112 valence electrons. The molecule has 2 aromatic heterocycles. The van der Waals surface area contributed by atoms with Gasteiger partial charge in [0.15, 0.2) is 5.13 Å². The number of benzene rings is 1. The van der Waals surface area contributed by atoms with Crippen LogP contribution in [0.2, 0.25) is 0 Å². The molecule has 6 nitrogen and oxygen atoms in total. The third kappa shape index (κ3) is 2.33. The molecule has 1 aromatic carbocycles. The first-order valence-corrected chi connectivity index (χ1v) is 8.11. The second-order valence-electron chi connectivity index (χ2n) is 5.26. The second kappa shape index (κ2) is 5.42. The minimum Gasteiger partial charge on any atom is -0.336 e. The molecule has 3 heterocycles. The summed E-state index contributed by atoms with van der Waals surface area (Å²) in [4.78, 5) is 26.5. The molecule has 1 aliphatic heterocycles. The molecule has 0 saturated carbocycles. The summed E-state index contributed by atoms with van der Waals surface area (Å²) in [6.45, 7) is 0.867. The van der Waals surface area contributed by atoms with Crippen LogP contribution in [0.25, 0.3) is 11.0 Å². The summed E-state index contributed by atoms with van der Waals surface area (Å²) >= 11 is 1.56. The summed E-state index contributed by atoms with van der Waals surface area (Å²) < 4.78 is 0. The number of hydrogen-bond acceptors (Lipinski definition) is 5. The van der Waals surface area contributed by atoms with E-state index in [9.17, 15) is 4.79 Å². The molecule has 2 N–H and O–H groups in total. The third-order valence-electron chi connectivity index (χ3n) is 3.85. The monoisotopic (exact) mass is 313 g/mol. The molecule has 1 amide bonds. The van der Waals surface area contributed by atoms with E-state index < -0.39 is 0 Å². The number of amides is 1. The van der Waals surface area contributed by atoms with Crippen LogP contribution < -0.4 is 10.2 Å². The van der Waals surface area contributed by atoms with E-state index in [0.29, 0.717) is 5.95 Å². The van der Waals surface area contributed by atoms with Gasteiger partial charge in [-0.3, -0.25) is 10.1 Å². The van der Waals surface area contributed by atoms with Gasteiger partial charge in [-0.25, -0.2) is 9.97 Å². The first kappa shape index (κ1) is 13.3. The number of hydrogen-bond donors (Lipinski definition) is 2. The minimum absolute atomic E-state index is 0.0354. The Labute approximate surface area is 131 Å². The lowest BCUT2D eigenvalue weighted by molar-refractivity contribution is -0.117. The molecule has 4 rings (SSSR count). The lowest BCUT2D eigenvalue weighted by Gasteiger charge is -2.22. The van der Waals surface area contributed by atoms with Crippen LogP contribution in [0, 0.1) is 0 Å². The highest BCUT2D eigenvalue weighted by atomic mass is 32.1. The van der Waals surface area contributed by atoms with Gasteiger partial charge in [0.05, 0.1) is 11.0 Å². The molecule has 0 aliphatic carbocycles. The number of aromatic amines is 1. The van der Waals surface area contributed by atoms with E-state index in [0.717, 1.165) is 35.6 Å². The molecule has 3 aromatic rings. The fraction of sp³-hybridized carbons (Fsp3) is 0.267. The Morgan fingerprint density at radius 2 is 2.32 bits per heavy atom. The smallest absolute Gasteiger partial charge is 0.249 e. The molecule has 0 bridgehead atoms. The van der Waals surface area contributed by atoms with Gasteiger partial charge >= 0.3 is 0 Å². The second-order valence-corrected chi connectivity index (χ2v) is 6.13. The van der Waals surface area contributed by atoms with Crippen LogP contribution >= 0.6 is 11.3 Å². The standard InChI is InChI=1S/C15H15N5OS/c21-13(12-6-3-8-20(12)15-16-7-9-22-15)19-14-17-10-4-1-2-5-11(10)18-14/h1-2,4-5,7,9,12H,3,6,8H2,(H2,17,18,19,21). The molecule has 1 saturated heterocycles. The number of carbonyl (C=O) groups excluding carboxylic acids is 1. The maximum absolute atomic E-state index is 12.6. The van der Waals surface area contributed by atoms with E-state index in [1.54, 1.807) is 17.5 Å². The van der Waals surface area contributed by atoms with Crippen LogP contribution in [0.3, 0.4) is 0 Å². The molecule has 0 spiro atoms. The van der Waals surface area contributed by atoms with Crippen molar-refractivity contribution >= 4 is 39.4 Å². The predicted molar refractivity (Wildman–Crippen MR) is 87.2 cm³/mol. The number of nitrogens with one attached hydrogen (secondary N) is 2. The van der Waals surface area contributed by atoms with Crippen molar-refractivity contribution in [1.82, 2.24) is 15.0 Å². The van der Waals surface area contributed by atoms with Crippen LogP contribution in [-0.4, -0.2) is 33.4 Å². The van der Waals surface area contributed by atoms with Crippen molar-refractivity contribution in [2.24, 2.45) is 0 Å². The SMILES string of the molecule is O=C(Nc1nc2ccccc2[nH]1)C1CCCN1c1nccs1. The Hall–Kier alpha value is -2.41. The number of anilines is 2. The van der Waals surface area contributed by atoms with E-state index in [4.69, 9.17) is 0 Å². The van der Waals surface area contributed by atoms with Gasteiger partial charge in [0.1, 0.15) is 6.04 Å². The predicted octanol–water partition coefficient (Wildman–Crippen LogP) is 2.63. The number of nitrogens with zero attached hydrogens (tertiary/aromatic N) is 3. The first-order valence-electron chi connectivity index (χ1n) is 7.23. The van der Waals surface area contributed by atoms with Gasteiger partial charge in [-0.2, -0.15) is 0 Å². The number of carbonyl (C=O) groups is 1. The van der Waals surface area contributed by atoms with E-state index in [2.05, 4.69) is 25.2 Å². The zero-order chi connectivity index (χ0) is 14.9. The van der Waals surface area contributed by atoms with Crippen molar-refractivity contribution in [3.8, 4) is 0 Å². The molecular formula is C15H15N5OS. The van der Waals surface area contributed by atoms with E-state index in [-0.39, 0.29) is 11.9 Å². The number of imidazole rings is 1. The molecule has 0 radical (unpaired) electrons. The highest BCUT2D eigenvalue weighted by Crippen LogP contribution is 2.27. The summed E-state index contributed by atoms with van der Waals surface area (Å²) in [5.41, 5.74) is 1.77. The first-order chi connectivity index (χ1) is 10.8. The average Bonchev–Trinajstić information content (AvgIpc) is 3.25. The molecule has 22 heavy (non-hydrogen) atoms. The highest BCUT2D eigenvalue weighted by molar-refractivity contribution is 7.13. The Morgan fingerprint density at radius 1 is 1.41 bits per heavy atom. The minimum atomic E-state index is -0.181. The average molecular weight is 313 g/mol. The van der Waals surface area contributed by atoms with Crippen molar-refractivity contribution in [3.63, 3.8) is 0 Å². The Kier molecular flexibility index (Phi) is 3.27. The number of H-pyrrole nitrogens is 1. The number of rotatable bonds is 3. The van der Waals surface area contributed by atoms with Crippen molar-refractivity contribution in [2.75, 3.05) is 16.8 Å². The van der Waals surface area contributed by atoms with Crippen LogP contribution in [0.5, 0.6) is 0 Å². The maximum Gasteiger partial charge on any atom is 0.249 e. The zero-order valence-corrected chi connectivity index (χ0v) is 12.6. The molecule has 7 heteroatoms. The highest BCUT2D eigenvalue weighted by Gasteiger charge is 2.32. The van der Waals surface area contributed by atoms with Crippen LogP contribution in [-0.2, 0) is 4.79 Å². The third-order valence-corrected chi connectivity index (χ3v) is 4.66. The van der Waals surface area contributed by atoms with Gasteiger partial charge in [0.2, 0.25) is 11.9 Å². The van der Waals surface area contributed by atoms with Crippen LogP contribution in [0.1, 0.15) is 12.8 Å². The van der Waals surface area contributed by atoms with Gasteiger partial charge in [-0.1, -0.05) is 12.1 Å². The summed E-state index contributed by atoms with van der Waals surface area (Å²) in [6.07, 6.45) is 3.61. The fourth-order valence-electron chi connectivity index (χ4n) is 2.84. The lowest BCUT2D eigenvalue weighted by Crippen LogP contribution is -2.39.